The topological polar surface area (TPSA) is 47.1 Å². The highest BCUT2D eigenvalue weighted by Crippen LogP contribution is 2.25. The number of aromatic nitrogens is 2. The number of halogens is 1. The number of aryl methyl sites for hydroxylation is 1. The third-order valence-electron chi connectivity index (χ3n) is 3.29. The summed E-state index contributed by atoms with van der Waals surface area (Å²) < 4.78 is 2.03. The van der Waals surface area contributed by atoms with Crippen molar-refractivity contribution in [3.8, 4) is 0 Å². The molecule has 108 valence electrons. The van der Waals surface area contributed by atoms with Gasteiger partial charge in [-0.05, 0) is 37.1 Å². The van der Waals surface area contributed by atoms with Crippen LogP contribution in [0.4, 0.5) is 5.69 Å². The molecule has 2 N–H and O–H groups in total. The lowest BCUT2D eigenvalue weighted by atomic mass is 10.0. The fraction of sp³-hybridized carbons (Fsp3) is 0.400. The Labute approximate surface area is 125 Å². The van der Waals surface area contributed by atoms with Crippen molar-refractivity contribution in [3.63, 3.8) is 0 Å². The third-order valence-corrected chi connectivity index (χ3v) is 3.53. The predicted octanol–water partition coefficient (Wildman–Crippen LogP) is 2.60. The second-order valence-electron chi connectivity index (χ2n) is 5.26. The van der Waals surface area contributed by atoms with Crippen molar-refractivity contribution in [3.05, 3.63) is 47.0 Å². The Morgan fingerprint density at radius 1 is 1.45 bits per heavy atom. The molecular weight excluding hydrogens is 272 g/mol. The van der Waals surface area contributed by atoms with E-state index in [4.69, 9.17) is 17.3 Å². The van der Waals surface area contributed by atoms with Gasteiger partial charge in [-0.15, -0.1) is 0 Å². The summed E-state index contributed by atoms with van der Waals surface area (Å²) in [5.74, 6) is 1.02. The second-order valence-corrected chi connectivity index (χ2v) is 5.70. The van der Waals surface area contributed by atoms with Crippen LogP contribution in [0.25, 0.3) is 0 Å². The zero-order chi connectivity index (χ0) is 14.7. The van der Waals surface area contributed by atoms with E-state index in [-0.39, 0.29) is 6.04 Å². The minimum absolute atomic E-state index is 0.105. The van der Waals surface area contributed by atoms with E-state index in [0.29, 0.717) is 0 Å². The van der Waals surface area contributed by atoms with E-state index in [2.05, 4.69) is 16.9 Å². The molecule has 0 aliphatic rings. The maximum atomic E-state index is 6.10. The fourth-order valence-corrected chi connectivity index (χ4v) is 2.48. The molecule has 1 heterocycles. The molecule has 0 bridgehead atoms. The summed E-state index contributed by atoms with van der Waals surface area (Å²) in [4.78, 5) is 6.54. The summed E-state index contributed by atoms with van der Waals surface area (Å²) in [5.41, 5.74) is 8.24. The summed E-state index contributed by atoms with van der Waals surface area (Å²) in [5, 5.41) is 0.745. The van der Waals surface area contributed by atoms with E-state index in [1.807, 2.05) is 49.1 Å². The number of anilines is 1. The van der Waals surface area contributed by atoms with Crippen molar-refractivity contribution >= 4 is 17.3 Å². The lowest BCUT2D eigenvalue weighted by molar-refractivity contribution is 0.726. The Morgan fingerprint density at radius 3 is 2.80 bits per heavy atom. The normalized spacial score (nSPS) is 12.4. The lowest BCUT2D eigenvalue weighted by Crippen LogP contribution is -2.23. The van der Waals surface area contributed by atoms with E-state index in [9.17, 15) is 0 Å². The van der Waals surface area contributed by atoms with Crippen LogP contribution in [0.3, 0.4) is 0 Å². The van der Waals surface area contributed by atoms with Crippen molar-refractivity contribution in [2.45, 2.75) is 25.9 Å². The van der Waals surface area contributed by atoms with Gasteiger partial charge in [-0.2, -0.15) is 0 Å². The van der Waals surface area contributed by atoms with Gasteiger partial charge in [0.2, 0.25) is 0 Å². The summed E-state index contributed by atoms with van der Waals surface area (Å²) in [6.07, 6.45) is 4.57. The van der Waals surface area contributed by atoms with Crippen LogP contribution in [-0.4, -0.2) is 22.6 Å². The van der Waals surface area contributed by atoms with Gasteiger partial charge in [-0.25, -0.2) is 4.98 Å². The highest BCUT2D eigenvalue weighted by Gasteiger charge is 2.12. The van der Waals surface area contributed by atoms with Gasteiger partial charge in [0.05, 0.1) is 6.54 Å². The Morgan fingerprint density at radius 2 is 2.20 bits per heavy atom. The van der Waals surface area contributed by atoms with Gasteiger partial charge >= 0.3 is 0 Å². The van der Waals surface area contributed by atoms with Crippen molar-refractivity contribution in [2.75, 3.05) is 11.9 Å². The molecule has 20 heavy (non-hydrogen) atoms. The van der Waals surface area contributed by atoms with Crippen molar-refractivity contribution in [1.82, 2.24) is 9.55 Å². The summed E-state index contributed by atoms with van der Waals surface area (Å²) >= 11 is 6.10. The van der Waals surface area contributed by atoms with Crippen molar-refractivity contribution in [2.24, 2.45) is 12.8 Å². The Kier molecular flexibility index (Phi) is 4.68. The highest BCUT2D eigenvalue weighted by molar-refractivity contribution is 6.30. The molecule has 0 amide bonds. The molecule has 0 saturated heterocycles. The van der Waals surface area contributed by atoms with Crippen LogP contribution < -0.4 is 10.6 Å². The molecule has 4 nitrogen and oxygen atoms in total. The first-order valence-corrected chi connectivity index (χ1v) is 7.06. The first kappa shape index (κ1) is 14.9. The average Bonchev–Trinajstić information content (AvgIpc) is 2.74. The molecule has 0 fully saturated rings. The van der Waals surface area contributed by atoms with E-state index in [1.54, 1.807) is 0 Å². The Balaban J connectivity index is 2.24. The van der Waals surface area contributed by atoms with E-state index in [1.165, 1.54) is 5.56 Å². The van der Waals surface area contributed by atoms with Gasteiger partial charge in [0.1, 0.15) is 5.82 Å². The monoisotopic (exact) mass is 292 g/mol. The molecule has 0 aliphatic heterocycles. The predicted molar refractivity (Wildman–Crippen MR) is 84.1 cm³/mol. The van der Waals surface area contributed by atoms with Crippen LogP contribution >= 0.6 is 11.6 Å². The maximum absolute atomic E-state index is 6.10. The molecule has 2 aromatic rings. The molecule has 5 heteroatoms. The van der Waals surface area contributed by atoms with Gasteiger partial charge in [0.25, 0.3) is 0 Å². The SMILES string of the molecule is CC(N)Cc1cc(Cl)ccc1N(C)Cc1nccn1C. The molecule has 0 radical (unpaired) electrons. The van der Waals surface area contributed by atoms with Crippen LogP contribution in [0.5, 0.6) is 0 Å². The zero-order valence-electron chi connectivity index (χ0n) is 12.2. The zero-order valence-corrected chi connectivity index (χ0v) is 12.9. The molecule has 0 spiro atoms. The molecular formula is C15H21ClN4. The van der Waals surface area contributed by atoms with E-state index < -0.39 is 0 Å². The smallest absolute Gasteiger partial charge is 0.127 e. The number of hydrogen-bond acceptors (Lipinski definition) is 3. The number of nitrogens with zero attached hydrogens (tertiary/aromatic N) is 3. The van der Waals surface area contributed by atoms with Crippen LogP contribution in [0.1, 0.15) is 18.3 Å². The first-order chi connectivity index (χ1) is 9.47. The highest BCUT2D eigenvalue weighted by atomic mass is 35.5. The standard InChI is InChI=1S/C15H21ClN4/c1-11(17)8-12-9-13(16)4-5-14(12)20(3)10-15-18-6-7-19(15)2/h4-7,9,11H,8,10,17H2,1-3H3. The van der Waals surface area contributed by atoms with Gasteiger partial charge in [0, 0.05) is 43.2 Å². The lowest BCUT2D eigenvalue weighted by Gasteiger charge is -2.23. The van der Waals surface area contributed by atoms with E-state index in [0.717, 1.165) is 29.5 Å². The maximum Gasteiger partial charge on any atom is 0.127 e. The average molecular weight is 293 g/mol. The molecule has 2 rings (SSSR count). The number of hydrogen-bond donors (Lipinski definition) is 1. The number of nitrogens with two attached hydrogens (primary N) is 1. The molecule has 0 aliphatic carbocycles. The van der Waals surface area contributed by atoms with Crippen molar-refractivity contribution < 1.29 is 0 Å². The van der Waals surface area contributed by atoms with Gasteiger partial charge < -0.3 is 15.2 Å². The van der Waals surface area contributed by atoms with Crippen LogP contribution in [0.15, 0.2) is 30.6 Å². The van der Waals surface area contributed by atoms with Crippen LogP contribution in [-0.2, 0) is 20.0 Å². The van der Waals surface area contributed by atoms with Gasteiger partial charge in [-0.3, -0.25) is 0 Å². The van der Waals surface area contributed by atoms with Crippen LogP contribution in [0.2, 0.25) is 5.02 Å². The van der Waals surface area contributed by atoms with Gasteiger partial charge in [-0.1, -0.05) is 11.6 Å². The second kappa shape index (κ2) is 6.29. The van der Waals surface area contributed by atoms with E-state index >= 15 is 0 Å². The summed E-state index contributed by atoms with van der Waals surface area (Å²) in [6, 6.07) is 6.06. The Hall–Kier alpha value is -1.52. The quantitative estimate of drug-likeness (QED) is 0.921. The largest absolute Gasteiger partial charge is 0.367 e. The number of rotatable bonds is 5. The molecule has 1 aromatic heterocycles. The molecule has 1 unspecified atom stereocenters. The fourth-order valence-electron chi connectivity index (χ4n) is 2.28. The molecule has 0 saturated carbocycles. The molecule has 1 atom stereocenters. The summed E-state index contributed by atoms with van der Waals surface area (Å²) in [6.45, 7) is 2.75. The minimum Gasteiger partial charge on any atom is -0.367 e. The number of imidazole rings is 1. The third kappa shape index (κ3) is 3.52. The molecule has 1 aromatic carbocycles. The minimum atomic E-state index is 0.105. The first-order valence-electron chi connectivity index (χ1n) is 6.68. The van der Waals surface area contributed by atoms with Crippen molar-refractivity contribution in [1.29, 1.82) is 0 Å². The van der Waals surface area contributed by atoms with Gasteiger partial charge in [0.15, 0.2) is 0 Å². The Bertz CT molecular complexity index is 577. The summed E-state index contributed by atoms with van der Waals surface area (Å²) in [7, 11) is 4.06. The number of benzene rings is 1. The van der Waals surface area contributed by atoms with Crippen LogP contribution in [0, 0.1) is 0 Å².